The second kappa shape index (κ2) is 7.09. The number of anilines is 1. The highest BCUT2D eigenvalue weighted by atomic mass is 16.3. The van der Waals surface area contributed by atoms with Gasteiger partial charge in [0.05, 0.1) is 6.10 Å². The van der Waals surface area contributed by atoms with Crippen LogP contribution in [-0.4, -0.2) is 30.8 Å². The molecule has 3 nitrogen and oxygen atoms in total. The molecule has 0 saturated carbocycles. The predicted molar refractivity (Wildman–Crippen MR) is 85.2 cm³/mol. The zero-order valence-corrected chi connectivity index (χ0v) is 13.0. The Morgan fingerprint density at radius 2 is 2.05 bits per heavy atom. The van der Waals surface area contributed by atoms with E-state index < -0.39 is 0 Å². The first-order valence-corrected chi connectivity index (χ1v) is 7.88. The van der Waals surface area contributed by atoms with Crippen LogP contribution in [0.15, 0.2) is 24.3 Å². The van der Waals surface area contributed by atoms with Crippen LogP contribution in [0.25, 0.3) is 0 Å². The van der Waals surface area contributed by atoms with Gasteiger partial charge in [-0.15, -0.1) is 0 Å². The molecule has 1 aromatic carbocycles. The molecule has 2 N–H and O–H groups in total. The van der Waals surface area contributed by atoms with E-state index in [0.29, 0.717) is 12.0 Å². The molecule has 0 bridgehead atoms. The van der Waals surface area contributed by atoms with E-state index in [-0.39, 0.29) is 6.10 Å². The van der Waals surface area contributed by atoms with Crippen molar-refractivity contribution < 1.29 is 5.11 Å². The van der Waals surface area contributed by atoms with E-state index in [4.69, 9.17) is 0 Å². The summed E-state index contributed by atoms with van der Waals surface area (Å²) in [5, 5.41) is 13.3. The minimum Gasteiger partial charge on any atom is -0.393 e. The molecule has 1 aliphatic heterocycles. The number of aliphatic hydroxyl groups excluding tert-OH is 1. The maximum atomic E-state index is 9.81. The highest BCUT2D eigenvalue weighted by Crippen LogP contribution is 2.24. The standard InChI is InChI=1S/C17H28N2O/c1-4-10-18-14(3)15-5-7-16(8-6-15)19-11-9-17(20)13(2)12-19/h5-8,13-14,17-18,20H,4,9-12H2,1-3H3. The Balaban J connectivity index is 1.97. The van der Waals surface area contributed by atoms with Crippen LogP contribution in [0.2, 0.25) is 0 Å². The van der Waals surface area contributed by atoms with Crippen molar-refractivity contribution in [3.05, 3.63) is 29.8 Å². The second-order valence-electron chi connectivity index (χ2n) is 6.05. The first kappa shape index (κ1) is 15.3. The molecule has 20 heavy (non-hydrogen) atoms. The lowest BCUT2D eigenvalue weighted by atomic mass is 9.96. The lowest BCUT2D eigenvalue weighted by Crippen LogP contribution is -2.41. The van der Waals surface area contributed by atoms with Gasteiger partial charge in [0, 0.05) is 24.8 Å². The van der Waals surface area contributed by atoms with Gasteiger partial charge in [-0.25, -0.2) is 0 Å². The maximum absolute atomic E-state index is 9.81. The zero-order valence-electron chi connectivity index (χ0n) is 13.0. The average Bonchev–Trinajstić information content (AvgIpc) is 2.48. The Morgan fingerprint density at radius 1 is 1.35 bits per heavy atom. The second-order valence-corrected chi connectivity index (χ2v) is 6.05. The normalized spacial score (nSPS) is 24.7. The number of nitrogens with zero attached hydrogens (tertiary/aromatic N) is 1. The summed E-state index contributed by atoms with van der Waals surface area (Å²) in [5.41, 5.74) is 2.61. The van der Waals surface area contributed by atoms with Gasteiger partial charge in [-0.2, -0.15) is 0 Å². The topological polar surface area (TPSA) is 35.5 Å². The molecule has 0 radical (unpaired) electrons. The summed E-state index contributed by atoms with van der Waals surface area (Å²) in [5.74, 6) is 0.355. The van der Waals surface area contributed by atoms with Gasteiger partial charge in [0.15, 0.2) is 0 Å². The van der Waals surface area contributed by atoms with Crippen molar-refractivity contribution in [2.75, 3.05) is 24.5 Å². The van der Waals surface area contributed by atoms with Crippen LogP contribution >= 0.6 is 0 Å². The fourth-order valence-corrected chi connectivity index (χ4v) is 2.82. The van der Waals surface area contributed by atoms with Gasteiger partial charge in [-0.05, 0) is 49.9 Å². The van der Waals surface area contributed by atoms with Crippen LogP contribution in [0.1, 0.15) is 45.2 Å². The predicted octanol–water partition coefficient (Wildman–Crippen LogP) is 2.95. The van der Waals surface area contributed by atoms with E-state index in [0.717, 1.165) is 32.5 Å². The summed E-state index contributed by atoms with van der Waals surface area (Å²) in [6.07, 6.45) is 1.90. The van der Waals surface area contributed by atoms with Crippen LogP contribution in [0.5, 0.6) is 0 Å². The van der Waals surface area contributed by atoms with E-state index in [9.17, 15) is 5.11 Å². The zero-order chi connectivity index (χ0) is 14.5. The van der Waals surface area contributed by atoms with E-state index >= 15 is 0 Å². The number of hydrogen-bond donors (Lipinski definition) is 2. The molecule has 3 unspecified atom stereocenters. The van der Waals surface area contributed by atoms with Crippen molar-refractivity contribution in [3.8, 4) is 0 Å². The largest absolute Gasteiger partial charge is 0.393 e. The Bertz CT molecular complexity index is 404. The molecular formula is C17H28N2O. The fraction of sp³-hybridized carbons (Fsp3) is 0.647. The molecule has 2 rings (SSSR count). The van der Waals surface area contributed by atoms with Gasteiger partial charge >= 0.3 is 0 Å². The van der Waals surface area contributed by atoms with Gasteiger partial charge in [-0.3, -0.25) is 0 Å². The van der Waals surface area contributed by atoms with E-state index in [2.05, 4.69) is 55.3 Å². The molecule has 0 aliphatic carbocycles. The molecule has 0 amide bonds. The molecule has 3 heteroatoms. The van der Waals surface area contributed by atoms with Gasteiger partial charge in [-0.1, -0.05) is 26.0 Å². The molecule has 1 fully saturated rings. The Morgan fingerprint density at radius 3 is 2.65 bits per heavy atom. The average molecular weight is 276 g/mol. The number of rotatable bonds is 5. The van der Waals surface area contributed by atoms with Crippen molar-refractivity contribution in [1.82, 2.24) is 5.32 Å². The Kier molecular flexibility index (Phi) is 5.44. The minimum atomic E-state index is -0.135. The summed E-state index contributed by atoms with van der Waals surface area (Å²) in [7, 11) is 0. The van der Waals surface area contributed by atoms with Gasteiger partial charge in [0.1, 0.15) is 0 Å². The lowest BCUT2D eigenvalue weighted by molar-refractivity contribution is 0.0971. The third kappa shape index (κ3) is 3.74. The molecule has 112 valence electrons. The highest BCUT2D eigenvalue weighted by Gasteiger charge is 2.24. The Hall–Kier alpha value is -1.06. The van der Waals surface area contributed by atoms with Crippen LogP contribution in [0.3, 0.4) is 0 Å². The summed E-state index contributed by atoms with van der Waals surface area (Å²) < 4.78 is 0. The van der Waals surface area contributed by atoms with Crippen LogP contribution in [0.4, 0.5) is 5.69 Å². The first-order chi connectivity index (χ1) is 9.61. The number of nitrogens with one attached hydrogen (secondary N) is 1. The third-order valence-corrected chi connectivity index (χ3v) is 4.32. The molecule has 1 aliphatic rings. The number of piperidine rings is 1. The van der Waals surface area contributed by atoms with Crippen LogP contribution < -0.4 is 10.2 Å². The molecule has 3 atom stereocenters. The van der Waals surface area contributed by atoms with Crippen LogP contribution in [-0.2, 0) is 0 Å². The third-order valence-electron chi connectivity index (χ3n) is 4.32. The van der Waals surface area contributed by atoms with Crippen molar-refractivity contribution in [3.63, 3.8) is 0 Å². The first-order valence-electron chi connectivity index (χ1n) is 7.88. The quantitative estimate of drug-likeness (QED) is 0.868. The van der Waals surface area contributed by atoms with E-state index in [1.165, 1.54) is 11.3 Å². The van der Waals surface area contributed by atoms with Crippen molar-refractivity contribution in [2.45, 2.75) is 45.8 Å². The van der Waals surface area contributed by atoms with E-state index in [1.807, 2.05) is 0 Å². The van der Waals surface area contributed by atoms with Crippen LogP contribution in [0, 0.1) is 5.92 Å². The molecule has 0 spiro atoms. The fourth-order valence-electron chi connectivity index (χ4n) is 2.82. The SMILES string of the molecule is CCCNC(C)c1ccc(N2CCC(O)C(C)C2)cc1. The number of benzene rings is 1. The molecule has 1 heterocycles. The molecule has 1 aromatic rings. The maximum Gasteiger partial charge on any atom is 0.0599 e. The highest BCUT2D eigenvalue weighted by molar-refractivity contribution is 5.48. The number of aliphatic hydroxyl groups is 1. The minimum absolute atomic E-state index is 0.135. The monoisotopic (exact) mass is 276 g/mol. The van der Waals surface area contributed by atoms with E-state index in [1.54, 1.807) is 0 Å². The van der Waals surface area contributed by atoms with Gasteiger partial charge < -0.3 is 15.3 Å². The molecular weight excluding hydrogens is 248 g/mol. The van der Waals surface area contributed by atoms with Crippen molar-refractivity contribution in [1.29, 1.82) is 0 Å². The van der Waals surface area contributed by atoms with Gasteiger partial charge in [0.2, 0.25) is 0 Å². The summed E-state index contributed by atoms with van der Waals surface area (Å²) >= 11 is 0. The molecule has 0 aromatic heterocycles. The summed E-state index contributed by atoms with van der Waals surface area (Å²) in [6.45, 7) is 9.49. The van der Waals surface area contributed by atoms with Gasteiger partial charge in [0.25, 0.3) is 0 Å². The van der Waals surface area contributed by atoms with Crippen molar-refractivity contribution >= 4 is 5.69 Å². The number of hydrogen-bond acceptors (Lipinski definition) is 3. The Labute approximate surface area is 123 Å². The summed E-state index contributed by atoms with van der Waals surface area (Å²) in [4.78, 5) is 2.38. The molecule has 1 saturated heterocycles. The smallest absolute Gasteiger partial charge is 0.0599 e. The summed E-state index contributed by atoms with van der Waals surface area (Å²) in [6, 6.07) is 9.27. The van der Waals surface area contributed by atoms with Crippen molar-refractivity contribution in [2.24, 2.45) is 5.92 Å². The lowest BCUT2D eigenvalue weighted by Gasteiger charge is -2.36.